The lowest BCUT2D eigenvalue weighted by Gasteiger charge is -2.50. The van der Waals surface area contributed by atoms with Crippen molar-refractivity contribution in [2.24, 2.45) is 17.6 Å². The number of hydrogen-bond donors (Lipinski definition) is 6. The second-order valence-electron chi connectivity index (χ2n) is 13.4. The predicted molar refractivity (Wildman–Crippen MR) is 157 cm³/mol. The third-order valence-electron chi connectivity index (χ3n) is 9.37. The molecule has 7 N–H and O–H groups in total. The van der Waals surface area contributed by atoms with Crippen LogP contribution >= 0.6 is 0 Å². The fourth-order valence-electron chi connectivity index (χ4n) is 7.14. The van der Waals surface area contributed by atoms with E-state index >= 15 is 0 Å². The zero-order valence-electron chi connectivity index (χ0n) is 25.1. The molecule has 1 aliphatic heterocycles. The van der Waals surface area contributed by atoms with Gasteiger partial charge in [-0.25, -0.2) is 0 Å². The van der Waals surface area contributed by atoms with Crippen molar-refractivity contribution in [1.29, 1.82) is 0 Å². The first-order valence-corrected chi connectivity index (χ1v) is 14.1. The van der Waals surface area contributed by atoms with Crippen LogP contribution in [0.4, 0.5) is 11.4 Å². The number of nitrogens with one attached hydrogen (secondary N) is 1. The smallest absolute Gasteiger partial charge is 0.255 e. The van der Waals surface area contributed by atoms with Crippen LogP contribution in [0.15, 0.2) is 23.0 Å². The van der Waals surface area contributed by atoms with Gasteiger partial charge in [-0.3, -0.25) is 24.2 Å². The molecule has 2 fully saturated rings. The van der Waals surface area contributed by atoms with Crippen LogP contribution in [-0.2, 0) is 20.8 Å². The van der Waals surface area contributed by atoms with Gasteiger partial charge in [0.15, 0.2) is 11.4 Å². The number of benzene rings is 1. The van der Waals surface area contributed by atoms with Crippen LogP contribution in [0, 0.1) is 11.8 Å². The number of carbonyl (C=O) groups is 3. The Balaban J connectivity index is 1.63. The van der Waals surface area contributed by atoms with E-state index < -0.39 is 58.0 Å². The summed E-state index contributed by atoms with van der Waals surface area (Å²) in [7, 11) is 6.84. The van der Waals surface area contributed by atoms with Gasteiger partial charge in [-0.05, 0) is 65.3 Å². The maximum absolute atomic E-state index is 14.1. The van der Waals surface area contributed by atoms with E-state index in [2.05, 4.69) is 31.0 Å². The van der Waals surface area contributed by atoms with E-state index in [1.54, 1.807) is 14.1 Å². The molecule has 0 bridgehead atoms. The van der Waals surface area contributed by atoms with Crippen molar-refractivity contribution in [1.82, 2.24) is 9.80 Å². The Labute approximate surface area is 245 Å². The van der Waals surface area contributed by atoms with Gasteiger partial charge in [-0.1, -0.05) is 0 Å². The monoisotopic (exact) mass is 583 g/mol. The van der Waals surface area contributed by atoms with Gasteiger partial charge in [0.1, 0.15) is 22.8 Å². The van der Waals surface area contributed by atoms with Crippen LogP contribution in [0.1, 0.15) is 38.3 Å². The largest absolute Gasteiger partial charge is 0.508 e. The summed E-state index contributed by atoms with van der Waals surface area (Å²) in [5, 5.41) is 49.3. The Morgan fingerprint density at radius 2 is 1.74 bits per heavy atom. The average Bonchev–Trinajstić information content (AvgIpc) is 2.83. The number of aromatic hydroxyl groups is 1. The van der Waals surface area contributed by atoms with E-state index in [1.807, 2.05) is 25.1 Å². The molecule has 4 atom stereocenters. The van der Waals surface area contributed by atoms with Gasteiger partial charge in [-0.2, -0.15) is 0 Å². The first-order chi connectivity index (χ1) is 19.4. The van der Waals surface area contributed by atoms with E-state index in [9.17, 15) is 34.8 Å². The Morgan fingerprint density at radius 1 is 1.12 bits per heavy atom. The van der Waals surface area contributed by atoms with Crippen molar-refractivity contribution < 1.29 is 34.8 Å². The van der Waals surface area contributed by atoms with Crippen molar-refractivity contribution >= 4 is 34.6 Å². The fraction of sp³-hybridized carbons (Fsp3) is 0.567. The first kappa shape index (κ1) is 29.9. The number of rotatable bonds is 5. The number of aliphatic hydroxyl groups is 3. The molecular weight excluding hydrogens is 542 g/mol. The average molecular weight is 584 g/mol. The second-order valence-corrected chi connectivity index (χ2v) is 13.4. The molecular formula is C30H41N5O7. The molecule has 12 nitrogen and oxygen atoms in total. The van der Waals surface area contributed by atoms with Gasteiger partial charge < -0.3 is 36.4 Å². The van der Waals surface area contributed by atoms with Crippen LogP contribution in [0.2, 0.25) is 0 Å². The van der Waals surface area contributed by atoms with Gasteiger partial charge in [0, 0.05) is 49.9 Å². The number of aliphatic hydroxyl groups excluding tert-OH is 2. The highest BCUT2D eigenvalue weighted by Crippen LogP contribution is 2.54. The van der Waals surface area contributed by atoms with Crippen molar-refractivity contribution in [2.45, 2.75) is 56.8 Å². The molecule has 1 aromatic rings. The molecule has 2 unspecified atom stereocenters. The Kier molecular flexibility index (Phi) is 6.91. The molecule has 228 valence electrons. The summed E-state index contributed by atoms with van der Waals surface area (Å²) in [5.41, 5.74) is 3.58. The van der Waals surface area contributed by atoms with Crippen molar-refractivity contribution in [2.75, 3.05) is 51.5 Å². The molecule has 42 heavy (non-hydrogen) atoms. The zero-order chi connectivity index (χ0) is 31.2. The lowest BCUT2D eigenvalue weighted by molar-refractivity contribution is -0.153. The number of anilines is 2. The number of nitrogens with zero attached hydrogens (tertiary/aromatic N) is 3. The van der Waals surface area contributed by atoms with E-state index in [4.69, 9.17) is 5.73 Å². The number of nitrogens with two attached hydrogens (primary N) is 1. The molecule has 1 aromatic carbocycles. The third-order valence-corrected chi connectivity index (χ3v) is 9.37. The van der Waals surface area contributed by atoms with Gasteiger partial charge in [0.25, 0.3) is 5.91 Å². The summed E-state index contributed by atoms with van der Waals surface area (Å²) in [4.78, 5) is 45.2. The highest BCUT2D eigenvalue weighted by molar-refractivity contribution is 6.24. The molecule has 1 saturated carbocycles. The quantitative estimate of drug-likeness (QED) is 0.214. The first-order valence-electron chi connectivity index (χ1n) is 14.1. The molecule has 0 spiro atoms. The SMILES string of the molecule is CN(C)c1cc(NC2CN(C(C)(C)C)C2)c(O)c2c1CC1CC3[C@H](N(C)C)C(=O)C(C(N)=O)=C(O)[C@@]3(O)C(=O)C1=C2O. The molecule has 3 aliphatic carbocycles. The maximum Gasteiger partial charge on any atom is 0.255 e. The van der Waals surface area contributed by atoms with Crippen molar-refractivity contribution in [3.8, 4) is 5.75 Å². The number of hydrogen-bond acceptors (Lipinski definition) is 11. The Hall–Kier alpha value is -3.61. The lowest BCUT2D eigenvalue weighted by Crippen LogP contribution is -2.65. The molecule has 1 saturated heterocycles. The molecule has 4 aliphatic rings. The van der Waals surface area contributed by atoms with E-state index in [-0.39, 0.29) is 41.3 Å². The molecule has 5 rings (SSSR count). The van der Waals surface area contributed by atoms with Gasteiger partial charge in [0.2, 0.25) is 5.78 Å². The predicted octanol–water partition coefficient (Wildman–Crippen LogP) is 0.925. The van der Waals surface area contributed by atoms with E-state index in [0.29, 0.717) is 11.3 Å². The van der Waals surface area contributed by atoms with E-state index in [1.165, 1.54) is 4.90 Å². The summed E-state index contributed by atoms with van der Waals surface area (Å²) >= 11 is 0. The van der Waals surface area contributed by atoms with Crippen LogP contribution in [0.3, 0.4) is 0 Å². The number of carbonyl (C=O) groups excluding carboxylic acids is 3. The Morgan fingerprint density at radius 3 is 2.26 bits per heavy atom. The molecule has 1 heterocycles. The second kappa shape index (κ2) is 9.72. The normalized spacial score (nSPS) is 28.4. The minimum Gasteiger partial charge on any atom is -0.508 e. The van der Waals surface area contributed by atoms with Crippen LogP contribution in [0.5, 0.6) is 5.75 Å². The lowest BCUT2D eigenvalue weighted by atomic mass is 9.57. The summed E-state index contributed by atoms with van der Waals surface area (Å²) < 4.78 is 0. The number of ketones is 2. The molecule has 0 aromatic heterocycles. The molecule has 0 radical (unpaired) electrons. The number of phenolic OH excluding ortho intramolecular Hbond substituents is 1. The number of fused-ring (bicyclic) bond motifs is 3. The number of phenols is 1. The van der Waals surface area contributed by atoms with Crippen LogP contribution < -0.4 is 16.0 Å². The topological polar surface area (TPSA) is 180 Å². The molecule has 1 amide bonds. The third kappa shape index (κ3) is 4.18. The van der Waals surface area contributed by atoms with Gasteiger partial charge in [-0.15, -0.1) is 0 Å². The number of primary amides is 1. The standard InChI is InChI=1S/C30H41N5O7/c1-29(2,3)35-11-14(12-35)32-17-10-18(33(4)5)15-8-13-9-16-22(34(6)7)25(38)21(28(31)41)27(40)30(16,42)26(39)19(13)24(37)20(15)23(17)36/h10,13-14,16,22,32,36-37,40,42H,8-9,11-12H2,1-7H3,(H2,31,41)/t13?,16?,22-,30-/m0/s1. The van der Waals surface area contributed by atoms with Gasteiger partial charge in [0.05, 0.1) is 23.3 Å². The van der Waals surface area contributed by atoms with Crippen LogP contribution in [0.25, 0.3) is 5.76 Å². The number of likely N-dealkylation sites (N-methyl/N-ethyl adjacent to an activating group) is 1. The maximum atomic E-state index is 14.1. The minimum atomic E-state index is -2.66. The highest BCUT2D eigenvalue weighted by atomic mass is 16.3. The summed E-state index contributed by atoms with van der Waals surface area (Å²) in [6, 6.07) is 0.767. The minimum absolute atomic E-state index is 0.00569. The number of likely N-dealkylation sites (tertiary alicyclic amines) is 1. The van der Waals surface area contributed by atoms with Gasteiger partial charge >= 0.3 is 0 Å². The fourth-order valence-corrected chi connectivity index (χ4v) is 7.14. The summed E-state index contributed by atoms with van der Waals surface area (Å²) in [6.45, 7) is 7.92. The summed E-state index contributed by atoms with van der Waals surface area (Å²) in [6.07, 6.45) is 0.279. The van der Waals surface area contributed by atoms with Crippen molar-refractivity contribution in [3.05, 3.63) is 34.1 Å². The zero-order valence-corrected chi connectivity index (χ0v) is 25.1. The molecule has 12 heteroatoms. The van der Waals surface area contributed by atoms with Crippen LogP contribution in [-0.4, -0.2) is 112 Å². The highest BCUT2D eigenvalue weighted by Gasteiger charge is 2.64. The Bertz CT molecular complexity index is 1450. The van der Waals surface area contributed by atoms with E-state index in [0.717, 1.165) is 18.8 Å². The van der Waals surface area contributed by atoms with Crippen molar-refractivity contribution in [3.63, 3.8) is 0 Å². The number of Topliss-reactive ketones (excluding diaryl/α,β-unsaturated/α-hetero) is 2. The summed E-state index contributed by atoms with van der Waals surface area (Å²) in [5.74, 6) is -6.62. The number of amides is 1.